The molecule has 0 unspecified atom stereocenters. The van der Waals surface area contributed by atoms with E-state index < -0.39 is 0 Å². The number of benzene rings is 1. The molecule has 1 N–H and O–H groups in total. The van der Waals surface area contributed by atoms with Crippen LogP contribution in [0.25, 0.3) is 5.69 Å². The van der Waals surface area contributed by atoms with Gasteiger partial charge in [0.1, 0.15) is 0 Å². The van der Waals surface area contributed by atoms with Crippen molar-refractivity contribution in [1.29, 1.82) is 0 Å². The molecule has 3 atom stereocenters. The van der Waals surface area contributed by atoms with Gasteiger partial charge in [-0.25, -0.2) is 0 Å². The predicted molar refractivity (Wildman–Crippen MR) is 122 cm³/mol. The number of aromatic nitrogens is 2. The Balaban J connectivity index is 1.56. The summed E-state index contributed by atoms with van der Waals surface area (Å²) in [6, 6.07) is 19.0. The van der Waals surface area contributed by atoms with Crippen LogP contribution in [0.1, 0.15) is 41.9 Å². The second kappa shape index (κ2) is 8.20. The zero-order valence-corrected chi connectivity index (χ0v) is 17.9. The molecule has 2 fully saturated rings. The van der Waals surface area contributed by atoms with Gasteiger partial charge in [0.2, 0.25) is 0 Å². The molecule has 3 aromatic rings. The van der Waals surface area contributed by atoms with E-state index in [9.17, 15) is 0 Å². The highest BCUT2D eigenvalue weighted by atomic mass is 32.1. The van der Waals surface area contributed by atoms with Crippen LogP contribution in [0.15, 0.2) is 67.0 Å². The van der Waals surface area contributed by atoms with Crippen LogP contribution in [-0.2, 0) is 4.74 Å². The number of pyridine rings is 1. The van der Waals surface area contributed by atoms with E-state index in [1.165, 1.54) is 11.3 Å². The van der Waals surface area contributed by atoms with Crippen molar-refractivity contribution >= 4 is 17.3 Å². The molecule has 0 spiro atoms. The van der Waals surface area contributed by atoms with Crippen molar-refractivity contribution in [3.63, 3.8) is 0 Å². The van der Waals surface area contributed by atoms with Crippen LogP contribution in [0, 0.1) is 6.92 Å². The largest absolute Gasteiger partial charge is 0.376 e. The molecule has 154 valence electrons. The van der Waals surface area contributed by atoms with Gasteiger partial charge in [-0.1, -0.05) is 23.8 Å². The molecule has 0 bridgehead atoms. The fraction of sp³-hybridized carbons (Fsp3) is 0.333. The third-order valence-electron chi connectivity index (χ3n) is 6.02. The smallest absolute Gasteiger partial charge is 0.170 e. The van der Waals surface area contributed by atoms with Crippen LogP contribution in [0.2, 0.25) is 0 Å². The van der Waals surface area contributed by atoms with Crippen LogP contribution in [0.3, 0.4) is 0 Å². The van der Waals surface area contributed by atoms with Crippen molar-refractivity contribution in [2.45, 2.75) is 38.0 Å². The molecule has 0 amide bonds. The molecule has 0 saturated carbocycles. The van der Waals surface area contributed by atoms with Crippen LogP contribution in [0.5, 0.6) is 0 Å². The molecule has 30 heavy (non-hydrogen) atoms. The third kappa shape index (κ3) is 3.61. The normalized spacial score (nSPS) is 23.7. The quantitative estimate of drug-likeness (QED) is 0.625. The number of aryl methyl sites for hydroxylation is 1. The maximum absolute atomic E-state index is 5.95. The molecular formula is C24H26N4OS. The molecule has 5 rings (SSSR count). The maximum Gasteiger partial charge on any atom is 0.170 e. The minimum Gasteiger partial charge on any atom is -0.376 e. The number of rotatable bonds is 5. The summed E-state index contributed by atoms with van der Waals surface area (Å²) in [5.41, 5.74) is 4.59. The Morgan fingerprint density at radius 2 is 2.00 bits per heavy atom. The SMILES string of the molecule is Cc1ccc(-n2cccc2[C@H]2[C@@H](c3ccccn3)NC(=S)N2C[C@@H]2CCCO2)cc1. The van der Waals surface area contributed by atoms with E-state index in [-0.39, 0.29) is 18.2 Å². The first-order valence-corrected chi connectivity index (χ1v) is 11.0. The van der Waals surface area contributed by atoms with Crippen molar-refractivity contribution in [2.75, 3.05) is 13.2 Å². The highest BCUT2D eigenvalue weighted by Gasteiger charge is 2.42. The van der Waals surface area contributed by atoms with Gasteiger partial charge < -0.3 is 19.5 Å². The van der Waals surface area contributed by atoms with Crippen molar-refractivity contribution in [3.05, 3.63) is 83.9 Å². The summed E-state index contributed by atoms with van der Waals surface area (Å²) in [5, 5.41) is 4.31. The lowest BCUT2D eigenvalue weighted by atomic mass is 10.0. The van der Waals surface area contributed by atoms with Gasteiger partial charge in [-0.15, -0.1) is 0 Å². The average molecular weight is 419 g/mol. The Morgan fingerprint density at radius 3 is 2.73 bits per heavy atom. The van der Waals surface area contributed by atoms with E-state index in [4.69, 9.17) is 17.0 Å². The Morgan fingerprint density at radius 1 is 1.13 bits per heavy atom. The summed E-state index contributed by atoms with van der Waals surface area (Å²) in [5.74, 6) is 0. The molecule has 2 aliphatic heterocycles. The van der Waals surface area contributed by atoms with Crippen molar-refractivity contribution in [1.82, 2.24) is 19.8 Å². The highest BCUT2D eigenvalue weighted by molar-refractivity contribution is 7.80. The molecule has 2 aliphatic rings. The van der Waals surface area contributed by atoms with Gasteiger partial charge in [0.05, 0.1) is 23.9 Å². The van der Waals surface area contributed by atoms with E-state index in [0.29, 0.717) is 0 Å². The fourth-order valence-corrected chi connectivity index (χ4v) is 4.82. The first-order valence-electron chi connectivity index (χ1n) is 10.5. The van der Waals surface area contributed by atoms with Crippen LogP contribution in [0.4, 0.5) is 0 Å². The minimum atomic E-state index is -0.0146. The molecule has 2 saturated heterocycles. The standard InChI is InChI=1S/C24H26N4OS/c1-17-9-11-18(12-10-17)27-14-4-8-21(27)23-22(20-7-2-3-13-25-20)26-24(30)28(23)16-19-6-5-15-29-19/h2-4,7-14,19,22-23H,5-6,15-16H2,1H3,(H,26,30)/t19-,22+,23-/m0/s1. The molecule has 1 aromatic carbocycles. The van der Waals surface area contributed by atoms with Crippen LogP contribution in [-0.4, -0.2) is 38.8 Å². The number of nitrogens with zero attached hydrogens (tertiary/aromatic N) is 3. The molecule has 5 nitrogen and oxygen atoms in total. The fourth-order valence-electron chi connectivity index (χ4n) is 4.51. The molecule has 6 heteroatoms. The average Bonchev–Trinajstić information content (AvgIpc) is 3.51. The second-order valence-corrected chi connectivity index (χ2v) is 8.44. The van der Waals surface area contributed by atoms with E-state index in [1.807, 2.05) is 18.3 Å². The van der Waals surface area contributed by atoms with Crippen molar-refractivity contribution in [3.8, 4) is 5.69 Å². The van der Waals surface area contributed by atoms with Crippen molar-refractivity contribution in [2.24, 2.45) is 0 Å². The maximum atomic E-state index is 5.95. The van der Waals surface area contributed by atoms with E-state index in [1.54, 1.807) is 0 Å². The van der Waals surface area contributed by atoms with Gasteiger partial charge in [-0.05, 0) is 68.4 Å². The Kier molecular flexibility index (Phi) is 5.27. The van der Waals surface area contributed by atoms with E-state index in [2.05, 4.69) is 75.4 Å². The van der Waals surface area contributed by atoms with E-state index >= 15 is 0 Å². The molecule has 4 heterocycles. The molecule has 2 aromatic heterocycles. The van der Waals surface area contributed by atoms with Gasteiger partial charge >= 0.3 is 0 Å². The predicted octanol–water partition coefficient (Wildman–Crippen LogP) is 4.33. The van der Waals surface area contributed by atoms with Gasteiger partial charge in [0.25, 0.3) is 0 Å². The summed E-state index contributed by atoms with van der Waals surface area (Å²) in [7, 11) is 0. The lowest BCUT2D eigenvalue weighted by molar-refractivity contribution is 0.0836. The Labute approximate surface area is 182 Å². The minimum absolute atomic E-state index is 0.0146. The Hall–Kier alpha value is -2.70. The first kappa shape index (κ1) is 19.3. The molecule has 0 aliphatic carbocycles. The highest BCUT2D eigenvalue weighted by Crippen LogP contribution is 2.40. The van der Waals surface area contributed by atoms with Gasteiger partial charge in [-0.2, -0.15) is 0 Å². The number of thiocarbonyl (C=S) groups is 1. The van der Waals surface area contributed by atoms with Crippen LogP contribution < -0.4 is 5.32 Å². The monoisotopic (exact) mass is 418 g/mol. The van der Waals surface area contributed by atoms with Crippen LogP contribution >= 0.6 is 12.2 Å². The Bertz CT molecular complexity index is 1010. The molecule has 0 radical (unpaired) electrons. The zero-order valence-electron chi connectivity index (χ0n) is 17.1. The summed E-state index contributed by atoms with van der Waals surface area (Å²) in [6.07, 6.45) is 6.39. The van der Waals surface area contributed by atoms with E-state index in [0.717, 1.165) is 42.5 Å². The summed E-state index contributed by atoms with van der Waals surface area (Å²) >= 11 is 5.80. The number of ether oxygens (including phenoxy) is 1. The number of hydrogen-bond donors (Lipinski definition) is 1. The third-order valence-corrected chi connectivity index (χ3v) is 6.37. The van der Waals surface area contributed by atoms with Gasteiger partial charge in [0, 0.05) is 36.9 Å². The zero-order chi connectivity index (χ0) is 20.5. The second-order valence-electron chi connectivity index (χ2n) is 8.05. The summed E-state index contributed by atoms with van der Waals surface area (Å²) in [4.78, 5) is 6.94. The van der Waals surface area contributed by atoms with Gasteiger partial charge in [-0.3, -0.25) is 4.98 Å². The molecular weight excluding hydrogens is 392 g/mol. The van der Waals surface area contributed by atoms with Crippen molar-refractivity contribution < 1.29 is 4.74 Å². The lowest BCUT2D eigenvalue weighted by Crippen LogP contribution is -2.36. The summed E-state index contributed by atoms with van der Waals surface area (Å²) in [6.45, 7) is 3.74. The lowest BCUT2D eigenvalue weighted by Gasteiger charge is -2.30. The topological polar surface area (TPSA) is 42.3 Å². The number of nitrogens with one attached hydrogen (secondary N) is 1. The number of hydrogen-bond acceptors (Lipinski definition) is 3. The van der Waals surface area contributed by atoms with Gasteiger partial charge in [0.15, 0.2) is 5.11 Å². The first-order chi connectivity index (χ1) is 14.7. The summed E-state index contributed by atoms with van der Waals surface area (Å²) < 4.78 is 8.21.